The Labute approximate surface area is 92.2 Å². The van der Waals surface area contributed by atoms with Crippen LogP contribution in [0.2, 0.25) is 0 Å². The van der Waals surface area contributed by atoms with Gasteiger partial charge in [0.15, 0.2) is 0 Å². The maximum atomic E-state index is 4.76. The van der Waals surface area contributed by atoms with Crippen LogP contribution in [0.1, 0.15) is 38.7 Å². The second-order valence-electron chi connectivity index (χ2n) is 4.94. The zero-order valence-corrected chi connectivity index (χ0v) is 9.66. The minimum Gasteiger partial charge on any atom is -0.289 e. The fraction of sp³-hybridized carbons (Fsp3) is 0.500. The molecule has 1 aliphatic rings. The van der Waals surface area contributed by atoms with Gasteiger partial charge in [0.25, 0.3) is 0 Å². The number of aliphatic imine (C=N–C) groups is 1. The highest BCUT2D eigenvalue weighted by atomic mass is 14.8. The van der Waals surface area contributed by atoms with Gasteiger partial charge < -0.3 is 0 Å². The molecule has 1 aromatic carbocycles. The Hall–Kier alpha value is -1.11. The van der Waals surface area contributed by atoms with Crippen molar-refractivity contribution in [3.63, 3.8) is 0 Å². The normalized spacial score (nSPS) is 20.5. The van der Waals surface area contributed by atoms with E-state index in [0.29, 0.717) is 0 Å². The summed E-state index contributed by atoms with van der Waals surface area (Å²) in [5.41, 5.74) is 2.82. The van der Waals surface area contributed by atoms with E-state index in [2.05, 4.69) is 44.2 Å². The lowest BCUT2D eigenvalue weighted by molar-refractivity contribution is 0.464. The predicted molar refractivity (Wildman–Crippen MR) is 65.5 cm³/mol. The molecule has 0 bridgehead atoms. The molecule has 1 heterocycles. The summed E-state index contributed by atoms with van der Waals surface area (Å²) in [4.78, 5) is 4.76. The molecule has 0 unspecified atom stereocenters. The molecule has 1 nitrogen and oxygen atoms in total. The van der Waals surface area contributed by atoms with Crippen LogP contribution in [0.15, 0.2) is 35.3 Å². The van der Waals surface area contributed by atoms with Crippen molar-refractivity contribution in [2.45, 2.75) is 33.1 Å². The lowest BCUT2D eigenvalue weighted by atomic mass is 9.80. The van der Waals surface area contributed by atoms with Gasteiger partial charge in [-0.25, -0.2) is 0 Å². The zero-order chi connectivity index (χ0) is 10.7. The molecule has 1 aliphatic heterocycles. The third-order valence-electron chi connectivity index (χ3n) is 3.17. The van der Waals surface area contributed by atoms with Gasteiger partial charge in [0.05, 0.1) is 0 Å². The van der Waals surface area contributed by atoms with Crippen molar-refractivity contribution >= 4 is 5.71 Å². The molecule has 0 aliphatic carbocycles. The van der Waals surface area contributed by atoms with Crippen molar-refractivity contribution in [3.8, 4) is 0 Å². The Balaban J connectivity index is 2.37. The topological polar surface area (TPSA) is 12.4 Å². The molecule has 2 rings (SSSR count). The largest absolute Gasteiger partial charge is 0.289 e. The Morgan fingerprint density at radius 1 is 1.07 bits per heavy atom. The summed E-state index contributed by atoms with van der Waals surface area (Å²) in [5, 5.41) is 0. The van der Waals surface area contributed by atoms with Crippen LogP contribution in [0, 0.1) is 5.41 Å². The first-order valence-corrected chi connectivity index (χ1v) is 5.80. The predicted octanol–water partition coefficient (Wildman–Crippen LogP) is 3.69. The molecule has 0 radical (unpaired) electrons. The van der Waals surface area contributed by atoms with Gasteiger partial charge in [-0.2, -0.15) is 0 Å². The Bertz CT molecular complexity index is 349. The van der Waals surface area contributed by atoms with E-state index >= 15 is 0 Å². The average molecular weight is 201 g/mol. The SMILES string of the molecule is CC1(C)CCCCN=C1c1ccccc1. The van der Waals surface area contributed by atoms with Gasteiger partial charge in [-0.15, -0.1) is 0 Å². The van der Waals surface area contributed by atoms with Crippen LogP contribution < -0.4 is 0 Å². The molecule has 0 aromatic heterocycles. The van der Waals surface area contributed by atoms with E-state index < -0.39 is 0 Å². The first-order valence-electron chi connectivity index (χ1n) is 5.80. The Morgan fingerprint density at radius 3 is 2.53 bits per heavy atom. The van der Waals surface area contributed by atoms with Gasteiger partial charge in [-0.3, -0.25) is 4.99 Å². The van der Waals surface area contributed by atoms with E-state index in [1.54, 1.807) is 0 Å². The van der Waals surface area contributed by atoms with Crippen LogP contribution in [0.5, 0.6) is 0 Å². The van der Waals surface area contributed by atoms with Gasteiger partial charge in [-0.1, -0.05) is 50.6 Å². The highest BCUT2D eigenvalue weighted by Crippen LogP contribution is 2.31. The molecule has 1 aromatic rings. The van der Waals surface area contributed by atoms with E-state index in [-0.39, 0.29) is 5.41 Å². The smallest absolute Gasteiger partial charge is 0.0476 e. The summed E-state index contributed by atoms with van der Waals surface area (Å²) in [7, 11) is 0. The van der Waals surface area contributed by atoms with Crippen molar-refractivity contribution in [1.82, 2.24) is 0 Å². The Kier molecular flexibility index (Phi) is 2.90. The van der Waals surface area contributed by atoms with E-state index in [1.807, 2.05) is 0 Å². The van der Waals surface area contributed by atoms with Crippen LogP contribution in [-0.4, -0.2) is 12.3 Å². The number of rotatable bonds is 1. The molecule has 0 fully saturated rings. The molecule has 80 valence electrons. The summed E-state index contributed by atoms with van der Waals surface area (Å²) < 4.78 is 0. The standard InChI is InChI=1S/C14H19N/c1-14(2)10-6-7-11-15-13(14)12-8-4-3-5-9-12/h3-5,8-9H,6-7,10-11H2,1-2H3. The van der Waals surface area contributed by atoms with E-state index in [0.717, 1.165) is 6.54 Å². The van der Waals surface area contributed by atoms with Crippen LogP contribution in [0.4, 0.5) is 0 Å². The number of benzene rings is 1. The third kappa shape index (κ3) is 2.28. The number of hydrogen-bond acceptors (Lipinski definition) is 1. The van der Waals surface area contributed by atoms with Gasteiger partial charge in [-0.05, 0) is 18.4 Å². The van der Waals surface area contributed by atoms with Gasteiger partial charge in [0, 0.05) is 17.7 Å². The number of hydrogen-bond donors (Lipinski definition) is 0. The second kappa shape index (κ2) is 4.18. The highest BCUT2D eigenvalue weighted by molar-refractivity contribution is 6.04. The van der Waals surface area contributed by atoms with E-state index in [4.69, 9.17) is 4.99 Å². The monoisotopic (exact) mass is 201 g/mol. The molecule has 0 N–H and O–H groups in total. The van der Waals surface area contributed by atoms with Gasteiger partial charge >= 0.3 is 0 Å². The Morgan fingerprint density at radius 2 is 1.80 bits per heavy atom. The third-order valence-corrected chi connectivity index (χ3v) is 3.17. The fourth-order valence-corrected chi connectivity index (χ4v) is 2.28. The van der Waals surface area contributed by atoms with Gasteiger partial charge in [0.1, 0.15) is 0 Å². The number of nitrogens with zero attached hydrogens (tertiary/aromatic N) is 1. The molecule has 0 amide bonds. The second-order valence-corrected chi connectivity index (χ2v) is 4.94. The maximum Gasteiger partial charge on any atom is 0.0476 e. The molecule has 1 heteroatoms. The summed E-state index contributed by atoms with van der Waals surface area (Å²) in [6.45, 7) is 5.61. The lowest BCUT2D eigenvalue weighted by Gasteiger charge is -2.25. The first kappa shape index (κ1) is 10.4. The van der Waals surface area contributed by atoms with Crippen molar-refractivity contribution in [1.29, 1.82) is 0 Å². The van der Waals surface area contributed by atoms with Crippen molar-refractivity contribution < 1.29 is 0 Å². The first-order chi connectivity index (χ1) is 7.20. The quantitative estimate of drug-likeness (QED) is 0.657. The van der Waals surface area contributed by atoms with E-state index in [1.165, 1.54) is 30.5 Å². The minimum absolute atomic E-state index is 0.234. The molecular weight excluding hydrogens is 182 g/mol. The minimum atomic E-state index is 0.234. The molecule has 0 spiro atoms. The molecule has 15 heavy (non-hydrogen) atoms. The summed E-state index contributed by atoms with van der Waals surface area (Å²) in [6.07, 6.45) is 3.79. The van der Waals surface area contributed by atoms with E-state index in [9.17, 15) is 0 Å². The fourth-order valence-electron chi connectivity index (χ4n) is 2.28. The van der Waals surface area contributed by atoms with Crippen molar-refractivity contribution in [2.24, 2.45) is 10.4 Å². The zero-order valence-electron chi connectivity index (χ0n) is 9.66. The van der Waals surface area contributed by atoms with Crippen LogP contribution >= 0.6 is 0 Å². The van der Waals surface area contributed by atoms with Gasteiger partial charge in [0.2, 0.25) is 0 Å². The maximum absolute atomic E-state index is 4.76. The van der Waals surface area contributed by atoms with Crippen LogP contribution in [0.25, 0.3) is 0 Å². The van der Waals surface area contributed by atoms with Crippen molar-refractivity contribution in [2.75, 3.05) is 6.54 Å². The summed E-state index contributed by atoms with van der Waals surface area (Å²) >= 11 is 0. The summed E-state index contributed by atoms with van der Waals surface area (Å²) in [6, 6.07) is 10.6. The average Bonchev–Trinajstić information content (AvgIpc) is 2.40. The molecular formula is C14H19N. The summed E-state index contributed by atoms with van der Waals surface area (Å²) in [5.74, 6) is 0. The van der Waals surface area contributed by atoms with Crippen molar-refractivity contribution in [3.05, 3.63) is 35.9 Å². The highest BCUT2D eigenvalue weighted by Gasteiger charge is 2.26. The lowest BCUT2D eigenvalue weighted by Crippen LogP contribution is -2.24. The molecule has 0 saturated carbocycles. The molecule has 0 atom stereocenters. The van der Waals surface area contributed by atoms with Crippen LogP contribution in [-0.2, 0) is 0 Å². The van der Waals surface area contributed by atoms with Crippen LogP contribution in [0.3, 0.4) is 0 Å². The molecule has 0 saturated heterocycles.